The van der Waals surface area contributed by atoms with Crippen molar-refractivity contribution in [2.24, 2.45) is 17.3 Å². The molecule has 1 unspecified atom stereocenters. The summed E-state index contributed by atoms with van der Waals surface area (Å²) in [5, 5.41) is 10.2. The third kappa shape index (κ3) is 1.04. The lowest BCUT2D eigenvalue weighted by Gasteiger charge is -2.27. The van der Waals surface area contributed by atoms with E-state index in [1.54, 1.807) is 0 Å². The van der Waals surface area contributed by atoms with Gasteiger partial charge in [0.15, 0.2) is 0 Å². The van der Waals surface area contributed by atoms with Gasteiger partial charge in [-0.25, -0.2) is 0 Å². The highest BCUT2D eigenvalue weighted by Crippen LogP contribution is 2.65. The molecule has 0 radical (unpaired) electrons. The highest BCUT2D eigenvalue weighted by molar-refractivity contribution is 6.01. The number of amides is 1. The molecule has 1 aliphatic heterocycles. The van der Waals surface area contributed by atoms with E-state index in [1.807, 2.05) is 44.2 Å². The molecule has 0 aromatic heterocycles. The van der Waals surface area contributed by atoms with E-state index < -0.39 is 6.23 Å². The van der Waals surface area contributed by atoms with E-state index in [4.69, 9.17) is 0 Å². The summed E-state index contributed by atoms with van der Waals surface area (Å²) in [5.41, 5.74) is 0.768. The molecule has 3 atom stereocenters. The van der Waals surface area contributed by atoms with Crippen molar-refractivity contribution in [2.75, 3.05) is 4.90 Å². The average Bonchev–Trinajstić information content (AvgIpc) is 2.70. The minimum absolute atomic E-state index is 0.00251. The minimum Gasteiger partial charge on any atom is -0.373 e. The first kappa shape index (κ1) is 9.85. The van der Waals surface area contributed by atoms with E-state index in [0.29, 0.717) is 0 Å². The number of nitrogens with zero attached hydrogens (tertiary/aromatic N) is 1. The van der Waals surface area contributed by atoms with Gasteiger partial charge in [0.2, 0.25) is 5.91 Å². The fraction of sp³-hybridized carbons (Fsp3) is 0.462. The summed E-state index contributed by atoms with van der Waals surface area (Å²) in [6, 6.07) is 9.38. The first-order valence-electron chi connectivity index (χ1n) is 5.61. The molecule has 3 nitrogen and oxygen atoms in total. The van der Waals surface area contributed by atoms with E-state index in [1.165, 1.54) is 4.90 Å². The monoisotopic (exact) mass is 217 g/mol. The SMILES string of the molecule is CC1(C)[C@@H]2C(=O)N(c3ccccc3)C(O)[C@@H]21. The molecule has 1 saturated heterocycles. The number of aliphatic hydroxyl groups is 1. The maximum absolute atomic E-state index is 12.1. The Morgan fingerprint density at radius 3 is 2.38 bits per heavy atom. The molecule has 0 bridgehead atoms. The van der Waals surface area contributed by atoms with Crippen LogP contribution in [0.1, 0.15) is 13.8 Å². The van der Waals surface area contributed by atoms with Crippen molar-refractivity contribution < 1.29 is 9.90 Å². The number of piperidine rings is 1. The fourth-order valence-electron chi connectivity index (χ4n) is 3.02. The van der Waals surface area contributed by atoms with Gasteiger partial charge >= 0.3 is 0 Å². The molecule has 0 spiro atoms. The molecule has 2 fully saturated rings. The average molecular weight is 217 g/mol. The summed E-state index contributed by atoms with van der Waals surface area (Å²) in [6.07, 6.45) is -0.658. The highest BCUT2D eigenvalue weighted by atomic mass is 16.3. The number of hydrogen-bond donors (Lipinski definition) is 1. The van der Waals surface area contributed by atoms with Gasteiger partial charge in [0, 0.05) is 11.6 Å². The molecule has 1 aromatic rings. The van der Waals surface area contributed by atoms with Crippen LogP contribution in [-0.2, 0) is 4.79 Å². The lowest BCUT2D eigenvalue weighted by Crippen LogP contribution is -2.39. The van der Waals surface area contributed by atoms with Crippen LogP contribution >= 0.6 is 0 Å². The molecule has 1 N–H and O–H groups in total. The molecule has 1 heterocycles. The van der Waals surface area contributed by atoms with Crippen molar-refractivity contribution in [3.8, 4) is 0 Å². The predicted molar refractivity (Wildman–Crippen MR) is 60.7 cm³/mol. The summed E-state index contributed by atoms with van der Waals surface area (Å²) in [7, 11) is 0. The Kier molecular flexibility index (Phi) is 1.76. The van der Waals surface area contributed by atoms with Gasteiger partial charge in [-0.3, -0.25) is 9.69 Å². The Morgan fingerprint density at radius 1 is 1.25 bits per heavy atom. The van der Waals surface area contributed by atoms with Gasteiger partial charge in [0.1, 0.15) is 6.23 Å². The smallest absolute Gasteiger partial charge is 0.233 e. The van der Waals surface area contributed by atoms with Gasteiger partial charge in [-0.1, -0.05) is 32.0 Å². The van der Waals surface area contributed by atoms with Crippen LogP contribution < -0.4 is 4.90 Å². The van der Waals surface area contributed by atoms with Gasteiger partial charge in [-0.05, 0) is 17.5 Å². The van der Waals surface area contributed by atoms with Crippen LogP contribution in [0.25, 0.3) is 0 Å². The lowest BCUT2D eigenvalue weighted by atomic mass is 10.0. The maximum atomic E-state index is 12.1. The zero-order valence-corrected chi connectivity index (χ0v) is 9.42. The fourth-order valence-corrected chi connectivity index (χ4v) is 3.02. The number of hydrogen-bond acceptors (Lipinski definition) is 2. The number of carbonyl (C=O) groups is 1. The first-order chi connectivity index (χ1) is 7.55. The van der Waals surface area contributed by atoms with E-state index in [2.05, 4.69) is 0 Å². The van der Waals surface area contributed by atoms with Crippen LogP contribution in [0.3, 0.4) is 0 Å². The normalized spacial score (nSPS) is 35.1. The van der Waals surface area contributed by atoms with Crippen molar-refractivity contribution in [3.63, 3.8) is 0 Å². The van der Waals surface area contributed by atoms with Crippen molar-refractivity contribution >= 4 is 11.6 Å². The van der Waals surface area contributed by atoms with Crippen LogP contribution in [0.2, 0.25) is 0 Å². The predicted octanol–water partition coefficient (Wildman–Crippen LogP) is 1.62. The Morgan fingerprint density at radius 2 is 1.88 bits per heavy atom. The molecule has 1 aromatic carbocycles. The van der Waals surface area contributed by atoms with Crippen molar-refractivity contribution in [3.05, 3.63) is 30.3 Å². The second-order valence-electron chi connectivity index (χ2n) is 5.28. The maximum Gasteiger partial charge on any atom is 0.233 e. The number of para-hydroxylation sites is 1. The van der Waals surface area contributed by atoms with Gasteiger partial charge in [-0.15, -0.1) is 0 Å². The summed E-state index contributed by atoms with van der Waals surface area (Å²) < 4.78 is 0. The van der Waals surface area contributed by atoms with Crippen molar-refractivity contribution in [2.45, 2.75) is 20.1 Å². The molecule has 3 heteroatoms. The highest BCUT2D eigenvalue weighted by Gasteiger charge is 2.71. The number of fused-ring (bicyclic) bond motifs is 1. The second kappa shape index (κ2) is 2.86. The van der Waals surface area contributed by atoms with Gasteiger partial charge < -0.3 is 5.11 Å². The zero-order valence-electron chi connectivity index (χ0n) is 9.42. The number of carbonyl (C=O) groups excluding carboxylic acids is 1. The minimum atomic E-state index is -0.658. The Hall–Kier alpha value is -1.35. The third-order valence-corrected chi connectivity index (χ3v) is 4.03. The summed E-state index contributed by atoms with van der Waals surface area (Å²) in [4.78, 5) is 13.7. The molecule has 1 amide bonds. The molecular weight excluding hydrogens is 202 g/mol. The van der Waals surface area contributed by atoms with Gasteiger partial charge in [-0.2, -0.15) is 0 Å². The molecule has 1 saturated carbocycles. The molecule has 3 rings (SSSR count). The van der Waals surface area contributed by atoms with Crippen LogP contribution in [-0.4, -0.2) is 17.2 Å². The lowest BCUT2D eigenvalue weighted by molar-refractivity contribution is -0.120. The van der Waals surface area contributed by atoms with E-state index in [9.17, 15) is 9.90 Å². The molecule has 16 heavy (non-hydrogen) atoms. The molecule has 1 aliphatic carbocycles. The Labute approximate surface area is 94.7 Å². The molecule has 2 aliphatic rings. The standard InChI is InChI=1S/C13H15NO2/c1-13(2)9-10(13)12(16)14(11(9)15)8-6-4-3-5-7-8/h3-7,9-11,15H,1-2H3/t9-,10+,11?/m1/s1. The van der Waals surface area contributed by atoms with Gasteiger partial charge in [0.25, 0.3) is 0 Å². The number of rotatable bonds is 1. The van der Waals surface area contributed by atoms with E-state index >= 15 is 0 Å². The van der Waals surface area contributed by atoms with Crippen LogP contribution in [0.15, 0.2) is 30.3 Å². The van der Waals surface area contributed by atoms with Crippen molar-refractivity contribution in [1.29, 1.82) is 0 Å². The number of anilines is 1. The van der Waals surface area contributed by atoms with E-state index in [0.717, 1.165) is 5.69 Å². The van der Waals surface area contributed by atoms with Crippen LogP contribution in [0.5, 0.6) is 0 Å². The third-order valence-electron chi connectivity index (χ3n) is 4.03. The Balaban J connectivity index is 1.94. The first-order valence-corrected chi connectivity index (χ1v) is 5.61. The second-order valence-corrected chi connectivity index (χ2v) is 5.28. The van der Waals surface area contributed by atoms with Crippen LogP contribution in [0, 0.1) is 17.3 Å². The number of aliphatic hydroxyl groups excluding tert-OH is 1. The zero-order chi connectivity index (χ0) is 11.5. The molecule has 84 valence electrons. The summed E-state index contributed by atoms with van der Waals surface area (Å²) in [6.45, 7) is 4.09. The summed E-state index contributed by atoms with van der Waals surface area (Å²) >= 11 is 0. The van der Waals surface area contributed by atoms with Crippen molar-refractivity contribution in [1.82, 2.24) is 0 Å². The molecular formula is C13H15NO2. The largest absolute Gasteiger partial charge is 0.373 e. The summed E-state index contributed by atoms with van der Waals surface area (Å²) in [5.74, 6) is 0.164. The quantitative estimate of drug-likeness (QED) is 0.776. The van der Waals surface area contributed by atoms with Gasteiger partial charge in [0.05, 0.1) is 5.92 Å². The number of benzene rings is 1. The Bertz CT molecular complexity index is 441. The van der Waals surface area contributed by atoms with Crippen LogP contribution in [0.4, 0.5) is 5.69 Å². The van der Waals surface area contributed by atoms with E-state index in [-0.39, 0.29) is 23.2 Å². The topological polar surface area (TPSA) is 40.5 Å².